The molecular weight excluding hydrogens is 368 g/mol. The third kappa shape index (κ3) is 4.23. The van der Waals surface area contributed by atoms with Crippen LogP contribution < -0.4 is 5.56 Å². The van der Waals surface area contributed by atoms with Crippen LogP contribution in [0, 0.1) is 6.92 Å². The number of carbonyl (C=O) groups excluding carboxylic acids is 1. The van der Waals surface area contributed by atoms with Crippen molar-refractivity contribution in [1.29, 1.82) is 0 Å². The summed E-state index contributed by atoms with van der Waals surface area (Å²) in [6.45, 7) is 3.06. The summed E-state index contributed by atoms with van der Waals surface area (Å²) in [6, 6.07) is 11.1. The zero-order chi connectivity index (χ0) is 18.5. The Morgan fingerprint density at radius 3 is 2.81 bits per heavy atom. The number of benzene rings is 1. The van der Waals surface area contributed by atoms with Crippen LogP contribution in [-0.4, -0.2) is 34.8 Å². The number of aromatic nitrogens is 2. The molecule has 0 N–H and O–H groups in total. The van der Waals surface area contributed by atoms with Crippen LogP contribution in [0.15, 0.2) is 46.3 Å². The van der Waals surface area contributed by atoms with Gasteiger partial charge in [-0.05, 0) is 37.6 Å². The first-order valence-corrected chi connectivity index (χ1v) is 10.1. The Balaban J connectivity index is 1.88. The first kappa shape index (κ1) is 18.8. The van der Waals surface area contributed by atoms with Crippen molar-refractivity contribution >= 4 is 39.8 Å². The number of Topliss-reactive ketones (excluding diaryl/α,β-unsaturated/α-hetero) is 1. The minimum absolute atomic E-state index is 0.0546. The Kier molecular flexibility index (Phi) is 6.24. The van der Waals surface area contributed by atoms with Crippen LogP contribution in [0.5, 0.6) is 0 Å². The Hall–Kier alpha value is -1.96. The van der Waals surface area contributed by atoms with Gasteiger partial charge in [-0.15, -0.1) is 11.3 Å². The molecule has 2 aromatic heterocycles. The predicted octanol–water partition coefficient (Wildman–Crippen LogP) is 3.78. The van der Waals surface area contributed by atoms with Gasteiger partial charge in [0, 0.05) is 25.1 Å². The minimum atomic E-state index is -0.0754. The molecule has 0 atom stereocenters. The summed E-state index contributed by atoms with van der Waals surface area (Å²) in [5.74, 6) is 0.314. The maximum atomic E-state index is 12.8. The van der Waals surface area contributed by atoms with Gasteiger partial charge >= 0.3 is 0 Å². The number of nitrogens with zero attached hydrogens (tertiary/aromatic N) is 2. The Bertz CT molecular complexity index is 978. The second-order valence-corrected chi connectivity index (χ2v) is 8.07. The molecule has 0 aliphatic heterocycles. The van der Waals surface area contributed by atoms with Crippen LogP contribution in [-0.2, 0) is 11.3 Å². The van der Waals surface area contributed by atoms with Crippen LogP contribution in [0.4, 0.5) is 0 Å². The number of ether oxygens (including phenoxy) is 1. The molecule has 7 heteroatoms. The lowest BCUT2D eigenvalue weighted by Crippen LogP contribution is -2.24. The van der Waals surface area contributed by atoms with Gasteiger partial charge in [-0.3, -0.25) is 14.2 Å². The van der Waals surface area contributed by atoms with Crippen molar-refractivity contribution in [2.45, 2.75) is 25.0 Å². The van der Waals surface area contributed by atoms with Crippen molar-refractivity contribution < 1.29 is 9.53 Å². The number of aryl methyl sites for hydroxylation is 1. The normalized spacial score (nSPS) is 11.2. The summed E-state index contributed by atoms with van der Waals surface area (Å²) >= 11 is 2.80. The predicted molar refractivity (Wildman–Crippen MR) is 107 cm³/mol. The highest BCUT2D eigenvalue weighted by molar-refractivity contribution is 7.99. The molecule has 0 saturated heterocycles. The van der Waals surface area contributed by atoms with Gasteiger partial charge < -0.3 is 4.74 Å². The van der Waals surface area contributed by atoms with E-state index >= 15 is 0 Å². The average molecular weight is 389 g/mol. The number of thioether (sulfide) groups is 1. The van der Waals surface area contributed by atoms with Crippen LogP contribution >= 0.6 is 23.1 Å². The summed E-state index contributed by atoms with van der Waals surface area (Å²) in [5, 5.41) is 1.17. The fourth-order valence-electron chi connectivity index (χ4n) is 2.61. The molecule has 0 aliphatic rings. The number of thiophene rings is 1. The van der Waals surface area contributed by atoms with Gasteiger partial charge in [0.05, 0.1) is 21.5 Å². The highest BCUT2D eigenvalue weighted by Gasteiger charge is 2.14. The second-order valence-electron chi connectivity index (χ2n) is 5.84. The van der Waals surface area contributed by atoms with E-state index in [0.717, 1.165) is 9.75 Å². The van der Waals surface area contributed by atoms with Crippen molar-refractivity contribution in [3.63, 3.8) is 0 Å². The number of para-hydroxylation sites is 1. The van der Waals surface area contributed by atoms with E-state index in [1.165, 1.54) is 23.1 Å². The van der Waals surface area contributed by atoms with Crippen LogP contribution in [0.2, 0.25) is 0 Å². The van der Waals surface area contributed by atoms with Crippen molar-refractivity contribution in [2.24, 2.45) is 0 Å². The largest absolute Gasteiger partial charge is 0.385 e. The SMILES string of the molecule is COCCCn1c(SCC(=O)c2ccc(C)s2)nc2ccccc2c1=O. The van der Waals surface area contributed by atoms with Crippen molar-refractivity contribution in [3.05, 3.63) is 56.5 Å². The quantitative estimate of drug-likeness (QED) is 0.254. The number of methoxy groups -OCH3 is 1. The van der Waals surface area contributed by atoms with Crippen molar-refractivity contribution in [3.8, 4) is 0 Å². The van der Waals surface area contributed by atoms with E-state index in [0.29, 0.717) is 35.6 Å². The van der Waals surface area contributed by atoms with E-state index < -0.39 is 0 Å². The number of fused-ring (bicyclic) bond motifs is 1. The summed E-state index contributed by atoms with van der Waals surface area (Å²) in [4.78, 5) is 31.7. The third-order valence-electron chi connectivity index (χ3n) is 3.90. The number of ketones is 1. The fourth-order valence-corrected chi connectivity index (χ4v) is 4.41. The van der Waals surface area contributed by atoms with Crippen LogP contribution in [0.1, 0.15) is 21.0 Å². The van der Waals surface area contributed by atoms with Gasteiger partial charge in [0.15, 0.2) is 10.9 Å². The van der Waals surface area contributed by atoms with E-state index in [1.54, 1.807) is 17.7 Å². The summed E-state index contributed by atoms with van der Waals surface area (Å²) in [5.41, 5.74) is 0.580. The average Bonchev–Trinajstić information content (AvgIpc) is 3.08. The van der Waals surface area contributed by atoms with Gasteiger partial charge in [-0.2, -0.15) is 0 Å². The number of carbonyl (C=O) groups is 1. The molecule has 26 heavy (non-hydrogen) atoms. The maximum absolute atomic E-state index is 12.8. The molecule has 0 fully saturated rings. The molecule has 3 rings (SSSR count). The number of hydrogen-bond donors (Lipinski definition) is 0. The lowest BCUT2D eigenvalue weighted by Gasteiger charge is -2.12. The van der Waals surface area contributed by atoms with Gasteiger partial charge in [0.2, 0.25) is 0 Å². The zero-order valence-corrected chi connectivity index (χ0v) is 16.4. The Morgan fingerprint density at radius 1 is 1.27 bits per heavy atom. The smallest absolute Gasteiger partial charge is 0.262 e. The monoisotopic (exact) mass is 388 g/mol. The number of rotatable bonds is 8. The van der Waals surface area contributed by atoms with Gasteiger partial charge in [-0.25, -0.2) is 4.98 Å². The van der Waals surface area contributed by atoms with Crippen LogP contribution in [0.3, 0.4) is 0 Å². The minimum Gasteiger partial charge on any atom is -0.385 e. The molecule has 0 bridgehead atoms. The summed E-state index contributed by atoms with van der Waals surface area (Å²) in [7, 11) is 1.64. The molecule has 136 valence electrons. The van der Waals surface area contributed by atoms with E-state index in [1.807, 2.05) is 37.3 Å². The van der Waals surface area contributed by atoms with E-state index in [2.05, 4.69) is 4.98 Å². The highest BCUT2D eigenvalue weighted by atomic mass is 32.2. The molecule has 2 heterocycles. The van der Waals surface area contributed by atoms with Gasteiger partial charge in [0.25, 0.3) is 5.56 Å². The molecular formula is C19H20N2O3S2. The first-order valence-electron chi connectivity index (χ1n) is 8.31. The maximum Gasteiger partial charge on any atom is 0.262 e. The molecule has 0 unspecified atom stereocenters. The third-order valence-corrected chi connectivity index (χ3v) is 5.92. The molecule has 5 nitrogen and oxygen atoms in total. The van der Waals surface area contributed by atoms with Crippen molar-refractivity contribution in [1.82, 2.24) is 9.55 Å². The molecule has 0 aliphatic carbocycles. The Labute approximate surface area is 160 Å². The standard InChI is InChI=1S/C19H20N2O3S2/c1-13-8-9-17(26-13)16(22)12-25-19-20-15-7-4-3-6-14(15)18(23)21(19)10-5-11-24-2/h3-4,6-9H,5,10-12H2,1-2H3. The van der Waals surface area contributed by atoms with Crippen LogP contribution in [0.25, 0.3) is 10.9 Å². The highest BCUT2D eigenvalue weighted by Crippen LogP contribution is 2.22. The lowest BCUT2D eigenvalue weighted by atomic mass is 10.2. The molecule has 1 aromatic carbocycles. The van der Waals surface area contributed by atoms with Gasteiger partial charge in [-0.1, -0.05) is 23.9 Å². The van der Waals surface area contributed by atoms with Crippen molar-refractivity contribution in [2.75, 3.05) is 19.5 Å². The molecule has 3 aromatic rings. The number of hydrogen-bond acceptors (Lipinski definition) is 6. The molecule has 0 radical (unpaired) electrons. The topological polar surface area (TPSA) is 61.2 Å². The molecule has 0 saturated carbocycles. The van der Waals surface area contributed by atoms with E-state index in [-0.39, 0.29) is 17.1 Å². The summed E-state index contributed by atoms with van der Waals surface area (Å²) in [6.07, 6.45) is 0.710. The summed E-state index contributed by atoms with van der Waals surface area (Å²) < 4.78 is 6.75. The Morgan fingerprint density at radius 2 is 2.08 bits per heavy atom. The second kappa shape index (κ2) is 8.62. The molecule has 0 amide bonds. The first-order chi connectivity index (χ1) is 12.6. The van der Waals surface area contributed by atoms with Gasteiger partial charge in [0.1, 0.15) is 0 Å². The molecule has 0 spiro atoms. The lowest BCUT2D eigenvalue weighted by molar-refractivity contribution is 0.102. The van der Waals surface area contributed by atoms with E-state index in [9.17, 15) is 9.59 Å². The zero-order valence-electron chi connectivity index (χ0n) is 14.7. The van der Waals surface area contributed by atoms with E-state index in [4.69, 9.17) is 4.74 Å². The fraction of sp³-hybridized carbons (Fsp3) is 0.316.